The second-order valence-electron chi connectivity index (χ2n) is 6.49. The van der Waals surface area contributed by atoms with Crippen molar-refractivity contribution in [2.45, 2.75) is 65.1 Å². The molecule has 0 saturated carbocycles. The van der Waals surface area contributed by atoms with Crippen molar-refractivity contribution in [2.75, 3.05) is 13.1 Å². The maximum atomic E-state index is 3.59. The molecule has 20 heavy (non-hydrogen) atoms. The first-order chi connectivity index (χ1) is 9.60. The topological polar surface area (TPSA) is 15.3 Å². The summed E-state index contributed by atoms with van der Waals surface area (Å²) < 4.78 is 0. The normalized spacial score (nSPS) is 24.2. The first kappa shape index (κ1) is 15.5. The average molecular weight is 274 g/mol. The lowest BCUT2D eigenvalue weighted by molar-refractivity contribution is 0.129. The van der Waals surface area contributed by atoms with Crippen molar-refractivity contribution >= 4 is 0 Å². The van der Waals surface area contributed by atoms with Crippen LogP contribution in [-0.2, 0) is 6.54 Å². The van der Waals surface area contributed by atoms with Gasteiger partial charge in [-0.3, -0.25) is 4.90 Å². The summed E-state index contributed by atoms with van der Waals surface area (Å²) in [6.45, 7) is 12.5. The van der Waals surface area contributed by atoms with E-state index >= 15 is 0 Å². The Labute approximate surface area is 124 Å². The summed E-state index contributed by atoms with van der Waals surface area (Å²) in [5, 5.41) is 3.59. The number of piperidine rings is 1. The largest absolute Gasteiger partial charge is 0.314 e. The summed E-state index contributed by atoms with van der Waals surface area (Å²) in [4.78, 5) is 2.62. The number of nitrogens with one attached hydrogen (secondary N) is 1. The van der Waals surface area contributed by atoms with Crippen LogP contribution in [0.25, 0.3) is 0 Å². The summed E-state index contributed by atoms with van der Waals surface area (Å²) in [6.07, 6.45) is 2.56. The van der Waals surface area contributed by atoms with Crippen molar-refractivity contribution in [2.24, 2.45) is 0 Å². The first-order valence-electron chi connectivity index (χ1n) is 8.16. The van der Waals surface area contributed by atoms with Crippen LogP contribution in [0, 0.1) is 0 Å². The van der Waals surface area contributed by atoms with Crippen molar-refractivity contribution in [3.8, 4) is 0 Å². The maximum Gasteiger partial charge on any atom is 0.0236 e. The van der Waals surface area contributed by atoms with Gasteiger partial charge in [0.25, 0.3) is 0 Å². The average Bonchev–Trinajstić information content (AvgIpc) is 2.43. The van der Waals surface area contributed by atoms with Crippen molar-refractivity contribution in [1.29, 1.82) is 0 Å². The smallest absolute Gasteiger partial charge is 0.0236 e. The van der Waals surface area contributed by atoms with Crippen LogP contribution in [0.15, 0.2) is 24.3 Å². The Morgan fingerprint density at radius 3 is 2.50 bits per heavy atom. The predicted octanol–water partition coefficient (Wildman–Crippen LogP) is 3.77. The van der Waals surface area contributed by atoms with Crippen LogP contribution in [0.1, 0.15) is 57.6 Å². The van der Waals surface area contributed by atoms with Gasteiger partial charge < -0.3 is 5.32 Å². The van der Waals surface area contributed by atoms with Crippen molar-refractivity contribution in [3.05, 3.63) is 35.4 Å². The first-order valence-corrected chi connectivity index (χ1v) is 8.16. The van der Waals surface area contributed by atoms with E-state index in [1.54, 1.807) is 0 Å². The molecule has 2 heteroatoms. The number of nitrogens with zero attached hydrogens (tertiary/aromatic N) is 1. The van der Waals surface area contributed by atoms with E-state index in [2.05, 4.69) is 62.2 Å². The molecule has 0 aliphatic carbocycles. The molecule has 0 radical (unpaired) electrons. The third-order valence-corrected chi connectivity index (χ3v) is 4.54. The number of likely N-dealkylation sites (tertiary alicyclic amines) is 1. The van der Waals surface area contributed by atoms with E-state index in [1.807, 2.05) is 0 Å². The fraction of sp³-hybridized carbons (Fsp3) is 0.667. The van der Waals surface area contributed by atoms with Crippen LogP contribution in [-0.4, -0.2) is 30.1 Å². The number of benzene rings is 1. The Morgan fingerprint density at radius 2 is 1.95 bits per heavy atom. The van der Waals surface area contributed by atoms with Crippen LogP contribution < -0.4 is 5.32 Å². The highest BCUT2D eigenvalue weighted by Gasteiger charge is 2.24. The molecule has 1 aromatic rings. The van der Waals surface area contributed by atoms with Crippen LogP contribution in [0.3, 0.4) is 0 Å². The highest BCUT2D eigenvalue weighted by Crippen LogP contribution is 2.21. The van der Waals surface area contributed by atoms with Crippen LogP contribution in [0.4, 0.5) is 0 Å². The van der Waals surface area contributed by atoms with Gasteiger partial charge in [0.1, 0.15) is 0 Å². The Hall–Kier alpha value is -0.860. The zero-order chi connectivity index (χ0) is 14.5. The van der Waals surface area contributed by atoms with Crippen LogP contribution in [0.2, 0.25) is 0 Å². The molecule has 1 aliphatic heterocycles. The summed E-state index contributed by atoms with van der Waals surface area (Å²) in [6, 6.07) is 10.6. The molecule has 1 N–H and O–H groups in total. The zero-order valence-electron chi connectivity index (χ0n) is 13.5. The molecule has 2 unspecified atom stereocenters. The third kappa shape index (κ3) is 4.07. The minimum absolute atomic E-state index is 0.624. The number of rotatable bonds is 5. The fourth-order valence-electron chi connectivity index (χ4n) is 3.17. The minimum atomic E-state index is 0.624. The predicted molar refractivity (Wildman–Crippen MR) is 87.1 cm³/mol. The Bertz CT molecular complexity index is 396. The van der Waals surface area contributed by atoms with Gasteiger partial charge in [0.2, 0.25) is 0 Å². The van der Waals surface area contributed by atoms with Crippen molar-refractivity contribution in [1.82, 2.24) is 10.2 Å². The van der Waals surface area contributed by atoms with Crippen LogP contribution >= 0.6 is 0 Å². The summed E-state index contributed by atoms with van der Waals surface area (Å²) in [7, 11) is 0. The molecule has 0 amide bonds. The molecular formula is C18H30N2. The monoisotopic (exact) mass is 274 g/mol. The van der Waals surface area contributed by atoms with E-state index < -0.39 is 0 Å². The van der Waals surface area contributed by atoms with Gasteiger partial charge in [-0.25, -0.2) is 0 Å². The quantitative estimate of drug-likeness (QED) is 0.879. The number of hydrogen-bond donors (Lipinski definition) is 1. The summed E-state index contributed by atoms with van der Waals surface area (Å²) in [5.41, 5.74) is 2.89. The van der Waals surface area contributed by atoms with Gasteiger partial charge in [-0.05, 0) is 43.4 Å². The van der Waals surface area contributed by atoms with Crippen LogP contribution in [0.5, 0.6) is 0 Å². The molecule has 0 bridgehead atoms. The highest BCUT2D eigenvalue weighted by atomic mass is 15.2. The van der Waals surface area contributed by atoms with Crippen molar-refractivity contribution < 1.29 is 0 Å². The molecule has 112 valence electrons. The fourth-order valence-corrected chi connectivity index (χ4v) is 3.17. The van der Waals surface area contributed by atoms with E-state index in [4.69, 9.17) is 0 Å². The van der Waals surface area contributed by atoms with E-state index in [0.717, 1.165) is 19.1 Å². The van der Waals surface area contributed by atoms with Gasteiger partial charge in [0, 0.05) is 25.2 Å². The molecule has 1 fully saturated rings. The molecule has 0 aromatic heterocycles. The molecule has 2 rings (SSSR count). The van der Waals surface area contributed by atoms with Gasteiger partial charge >= 0.3 is 0 Å². The minimum Gasteiger partial charge on any atom is -0.314 e. The summed E-state index contributed by atoms with van der Waals surface area (Å²) in [5.74, 6) is 0.624. The zero-order valence-corrected chi connectivity index (χ0v) is 13.5. The van der Waals surface area contributed by atoms with Gasteiger partial charge in [-0.15, -0.1) is 0 Å². The molecule has 1 saturated heterocycles. The van der Waals surface area contributed by atoms with E-state index in [1.165, 1.54) is 30.5 Å². The molecular weight excluding hydrogens is 244 g/mol. The van der Waals surface area contributed by atoms with Gasteiger partial charge in [0.15, 0.2) is 0 Å². The van der Waals surface area contributed by atoms with Gasteiger partial charge in [0.05, 0.1) is 0 Å². The Morgan fingerprint density at radius 1 is 1.25 bits per heavy atom. The third-order valence-electron chi connectivity index (χ3n) is 4.54. The lowest BCUT2D eigenvalue weighted by Crippen LogP contribution is -2.46. The van der Waals surface area contributed by atoms with E-state index in [-0.39, 0.29) is 0 Å². The lowest BCUT2D eigenvalue weighted by Gasteiger charge is -2.38. The SMILES string of the molecule is CCNC1CCN(Cc2ccc(C(C)C)cc2)C(C)C1. The molecule has 1 aromatic carbocycles. The highest BCUT2D eigenvalue weighted by molar-refractivity contribution is 5.24. The summed E-state index contributed by atoms with van der Waals surface area (Å²) >= 11 is 0. The number of hydrogen-bond acceptors (Lipinski definition) is 2. The Kier molecular flexibility index (Phi) is 5.62. The molecule has 1 aliphatic rings. The molecule has 2 atom stereocenters. The second kappa shape index (κ2) is 7.24. The van der Waals surface area contributed by atoms with Gasteiger partial charge in [-0.1, -0.05) is 45.0 Å². The van der Waals surface area contributed by atoms with Crippen molar-refractivity contribution in [3.63, 3.8) is 0 Å². The molecule has 0 spiro atoms. The van der Waals surface area contributed by atoms with E-state index in [9.17, 15) is 0 Å². The lowest BCUT2D eigenvalue weighted by atomic mass is 9.97. The second-order valence-corrected chi connectivity index (χ2v) is 6.49. The maximum absolute atomic E-state index is 3.59. The van der Waals surface area contributed by atoms with Gasteiger partial charge in [-0.2, -0.15) is 0 Å². The molecule has 1 heterocycles. The van der Waals surface area contributed by atoms with E-state index in [0.29, 0.717) is 12.0 Å². The standard InChI is InChI=1S/C18H30N2/c1-5-19-18-10-11-20(15(4)12-18)13-16-6-8-17(9-7-16)14(2)3/h6-9,14-15,18-19H,5,10-13H2,1-4H3. The molecule has 2 nitrogen and oxygen atoms in total. The Balaban J connectivity index is 1.90.